The minimum atomic E-state index is -4.41. The van der Waals surface area contributed by atoms with Crippen LogP contribution in [0.25, 0.3) is 0 Å². The molecule has 3 aromatic heterocycles. The fourth-order valence-corrected chi connectivity index (χ4v) is 4.11. The van der Waals surface area contributed by atoms with Crippen molar-refractivity contribution in [3.8, 4) is 0 Å². The van der Waals surface area contributed by atoms with Crippen LogP contribution in [-0.4, -0.2) is 43.7 Å². The number of hydrogen-bond donors (Lipinski definition) is 1. The molecule has 1 amide bonds. The molecule has 1 N–H and O–H groups in total. The minimum absolute atomic E-state index is 0. The van der Waals surface area contributed by atoms with Crippen LogP contribution in [0.2, 0.25) is 0 Å². The molecule has 3 aromatic rings. The van der Waals surface area contributed by atoms with E-state index in [1.165, 1.54) is 6.07 Å². The predicted octanol–water partition coefficient (Wildman–Crippen LogP) is 3.75. The van der Waals surface area contributed by atoms with Crippen molar-refractivity contribution in [2.24, 2.45) is 5.92 Å². The second kappa shape index (κ2) is 10.2. The average molecular weight is 508 g/mol. The molecule has 1 aliphatic rings. The van der Waals surface area contributed by atoms with Gasteiger partial charge in [0, 0.05) is 25.9 Å². The maximum atomic E-state index is 12.7. The van der Waals surface area contributed by atoms with Gasteiger partial charge in [-0.05, 0) is 37.0 Å². The Kier molecular flexibility index (Phi) is 7.73. The summed E-state index contributed by atoms with van der Waals surface area (Å²) in [4.78, 5) is 27.5. The van der Waals surface area contributed by atoms with Crippen molar-refractivity contribution in [1.29, 1.82) is 0 Å². The highest BCUT2D eigenvalue weighted by molar-refractivity contribution is 7.59. The molecule has 12 heteroatoms. The SMILES string of the molecule is Cc1nc(CCc2cnn(Cc3ccc(C(F)(F)F)cn3)c2)nc2c1NC(=O)[C@H](C(C)C)N2C.S. The molecule has 0 saturated carbocycles. The molecule has 4 heterocycles. The minimum Gasteiger partial charge on any atom is -0.346 e. The summed E-state index contributed by atoms with van der Waals surface area (Å²) >= 11 is 0. The van der Waals surface area contributed by atoms with E-state index in [1.54, 1.807) is 10.9 Å². The van der Waals surface area contributed by atoms with Crippen molar-refractivity contribution >= 4 is 30.9 Å². The van der Waals surface area contributed by atoms with Crippen LogP contribution in [0.5, 0.6) is 0 Å². The van der Waals surface area contributed by atoms with E-state index >= 15 is 0 Å². The van der Waals surface area contributed by atoms with Gasteiger partial charge in [-0.15, -0.1) is 0 Å². The molecule has 0 radical (unpaired) electrons. The lowest BCUT2D eigenvalue weighted by molar-refractivity contribution is -0.137. The highest BCUT2D eigenvalue weighted by Crippen LogP contribution is 2.33. The summed E-state index contributed by atoms with van der Waals surface area (Å²) in [6.07, 6.45) is 1.20. The summed E-state index contributed by atoms with van der Waals surface area (Å²) in [5.41, 5.74) is 2.02. The number of rotatable bonds is 6. The van der Waals surface area contributed by atoms with Crippen LogP contribution < -0.4 is 10.2 Å². The number of nitrogens with one attached hydrogen (secondary N) is 1. The zero-order chi connectivity index (χ0) is 24.6. The summed E-state index contributed by atoms with van der Waals surface area (Å²) < 4.78 is 39.7. The zero-order valence-electron chi connectivity index (χ0n) is 19.9. The Bertz CT molecular complexity index is 1190. The van der Waals surface area contributed by atoms with Crippen molar-refractivity contribution in [2.45, 2.75) is 52.4 Å². The van der Waals surface area contributed by atoms with Crippen molar-refractivity contribution in [3.63, 3.8) is 0 Å². The molecule has 0 bridgehead atoms. The van der Waals surface area contributed by atoms with E-state index in [-0.39, 0.29) is 37.9 Å². The molecular weight excluding hydrogens is 479 g/mol. The van der Waals surface area contributed by atoms with Gasteiger partial charge in [-0.1, -0.05) is 13.8 Å². The Morgan fingerprint density at radius 1 is 1.14 bits per heavy atom. The molecule has 0 fully saturated rings. The van der Waals surface area contributed by atoms with Crippen LogP contribution in [0.3, 0.4) is 0 Å². The number of amides is 1. The van der Waals surface area contributed by atoms with E-state index < -0.39 is 11.7 Å². The fourth-order valence-electron chi connectivity index (χ4n) is 4.11. The number of aromatic nitrogens is 5. The van der Waals surface area contributed by atoms with E-state index in [0.717, 1.165) is 17.8 Å². The van der Waals surface area contributed by atoms with Gasteiger partial charge in [0.25, 0.3) is 0 Å². The fraction of sp³-hybridized carbons (Fsp3) is 0.435. The summed E-state index contributed by atoms with van der Waals surface area (Å²) in [5, 5.41) is 7.23. The lowest BCUT2D eigenvalue weighted by atomic mass is 9.99. The molecule has 0 saturated heterocycles. The van der Waals surface area contributed by atoms with Crippen LogP contribution in [0.4, 0.5) is 24.7 Å². The normalized spacial score (nSPS) is 15.6. The number of anilines is 2. The largest absolute Gasteiger partial charge is 0.417 e. The first kappa shape index (κ1) is 26.5. The van der Waals surface area contributed by atoms with Crippen LogP contribution >= 0.6 is 13.5 Å². The van der Waals surface area contributed by atoms with Gasteiger partial charge in [-0.25, -0.2) is 9.97 Å². The second-order valence-electron chi connectivity index (χ2n) is 8.79. The number of alkyl halides is 3. The second-order valence-corrected chi connectivity index (χ2v) is 8.79. The number of nitrogens with zero attached hydrogens (tertiary/aromatic N) is 6. The van der Waals surface area contributed by atoms with Crippen molar-refractivity contribution in [3.05, 3.63) is 59.1 Å². The van der Waals surface area contributed by atoms with Gasteiger partial charge in [-0.3, -0.25) is 14.5 Å². The monoisotopic (exact) mass is 507 g/mol. The Hall–Kier alpha value is -3.15. The van der Waals surface area contributed by atoms with Crippen molar-refractivity contribution < 1.29 is 18.0 Å². The van der Waals surface area contributed by atoms with Gasteiger partial charge in [0.05, 0.1) is 29.7 Å². The van der Waals surface area contributed by atoms with Crippen molar-refractivity contribution in [2.75, 3.05) is 17.3 Å². The van der Waals surface area contributed by atoms with E-state index in [2.05, 4.69) is 20.4 Å². The average Bonchev–Trinajstić information content (AvgIpc) is 3.20. The molecule has 4 rings (SSSR count). The molecule has 188 valence electrons. The molecule has 1 atom stereocenters. The Labute approximate surface area is 208 Å². The number of aryl methyl sites for hydroxylation is 3. The van der Waals surface area contributed by atoms with Crippen LogP contribution in [0.1, 0.15) is 42.2 Å². The predicted molar refractivity (Wildman–Crippen MR) is 131 cm³/mol. The first-order chi connectivity index (χ1) is 16.0. The number of fused-ring (bicyclic) bond motifs is 1. The summed E-state index contributed by atoms with van der Waals surface area (Å²) in [6, 6.07) is 2.08. The van der Waals surface area contributed by atoms with Gasteiger partial charge < -0.3 is 10.2 Å². The van der Waals surface area contributed by atoms with Crippen LogP contribution in [-0.2, 0) is 30.4 Å². The van der Waals surface area contributed by atoms with Crippen LogP contribution in [0.15, 0.2) is 30.7 Å². The van der Waals surface area contributed by atoms with Gasteiger partial charge in [-0.2, -0.15) is 31.8 Å². The van der Waals surface area contributed by atoms with E-state index in [9.17, 15) is 18.0 Å². The van der Waals surface area contributed by atoms with Crippen LogP contribution in [0, 0.1) is 12.8 Å². The van der Waals surface area contributed by atoms with Gasteiger partial charge >= 0.3 is 6.18 Å². The smallest absolute Gasteiger partial charge is 0.346 e. The topological polar surface area (TPSA) is 88.8 Å². The third kappa shape index (κ3) is 5.75. The third-order valence-corrected chi connectivity index (χ3v) is 5.82. The number of halogens is 3. The van der Waals surface area contributed by atoms with E-state index in [0.29, 0.717) is 41.6 Å². The van der Waals surface area contributed by atoms with Gasteiger partial charge in [0.2, 0.25) is 5.91 Å². The van der Waals surface area contributed by atoms with Crippen molar-refractivity contribution in [1.82, 2.24) is 24.7 Å². The highest BCUT2D eigenvalue weighted by atomic mass is 32.1. The number of carbonyl (C=O) groups excluding carboxylic acids is 1. The molecule has 35 heavy (non-hydrogen) atoms. The number of likely N-dealkylation sites (N-methyl/N-ethyl adjacent to an activating group) is 1. The Balaban J connectivity index is 0.00000342. The third-order valence-electron chi connectivity index (χ3n) is 5.82. The maximum absolute atomic E-state index is 12.7. The Morgan fingerprint density at radius 3 is 2.51 bits per heavy atom. The Morgan fingerprint density at radius 2 is 1.89 bits per heavy atom. The van der Waals surface area contributed by atoms with Gasteiger partial charge in [0.15, 0.2) is 5.82 Å². The molecule has 0 aromatic carbocycles. The van der Waals surface area contributed by atoms with E-state index in [4.69, 9.17) is 4.98 Å². The van der Waals surface area contributed by atoms with Gasteiger partial charge in [0.1, 0.15) is 17.6 Å². The molecule has 8 nitrogen and oxygen atoms in total. The standard InChI is InChI=1S/C23H26F3N7O.H2S/c1-13(2)20-22(34)31-19-14(3)29-18(30-21(19)32(20)4)8-5-15-9-28-33(11-15)12-17-7-6-16(10-27-17)23(24,25)26;/h6-7,9-11,13,20H,5,8,12H2,1-4H3,(H,31,34);1H2/t20-;/m0./s1. The molecule has 1 aliphatic heterocycles. The number of pyridine rings is 1. The molecular formula is C23H28F3N7OS. The molecule has 0 spiro atoms. The molecule has 0 unspecified atom stereocenters. The lowest BCUT2D eigenvalue weighted by Gasteiger charge is -2.36. The zero-order valence-corrected chi connectivity index (χ0v) is 20.9. The first-order valence-electron chi connectivity index (χ1n) is 11.0. The number of hydrogen-bond acceptors (Lipinski definition) is 6. The summed E-state index contributed by atoms with van der Waals surface area (Å²) in [7, 11) is 1.87. The lowest BCUT2D eigenvalue weighted by Crippen LogP contribution is -2.49. The van der Waals surface area contributed by atoms with E-state index in [1.807, 2.05) is 38.9 Å². The summed E-state index contributed by atoms with van der Waals surface area (Å²) in [5.74, 6) is 1.45. The molecule has 0 aliphatic carbocycles. The maximum Gasteiger partial charge on any atom is 0.417 e. The highest BCUT2D eigenvalue weighted by Gasteiger charge is 2.35. The number of carbonyl (C=O) groups is 1. The quantitative estimate of drug-likeness (QED) is 0.547. The first-order valence-corrected chi connectivity index (χ1v) is 11.0. The summed E-state index contributed by atoms with van der Waals surface area (Å²) in [6.45, 7) is 6.12.